The third-order valence-electron chi connectivity index (χ3n) is 4.50. The van der Waals surface area contributed by atoms with Gasteiger partial charge in [0.2, 0.25) is 0 Å². The van der Waals surface area contributed by atoms with E-state index in [4.69, 9.17) is 9.47 Å². The van der Waals surface area contributed by atoms with Crippen molar-refractivity contribution >= 4 is 12.1 Å². The minimum atomic E-state index is -0.914. The zero-order valence-electron chi connectivity index (χ0n) is 20.0. The maximum absolute atomic E-state index is 12.1. The van der Waals surface area contributed by atoms with Crippen LogP contribution >= 0.6 is 0 Å². The molecule has 30 heavy (non-hydrogen) atoms. The molecule has 1 aliphatic heterocycles. The van der Waals surface area contributed by atoms with Crippen molar-refractivity contribution in [2.45, 2.75) is 52.7 Å². The fourth-order valence-corrected chi connectivity index (χ4v) is 3.10. The smallest absolute Gasteiger partial charge is 0.410 e. The minimum absolute atomic E-state index is 0.195. The molecule has 0 aromatic rings. The van der Waals surface area contributed by atoms with Crippen molar-refractivity contribution in [2.24, 2.45) is 10.9 Å². The molecule has 0 radical (unpaired) electrons. The van der Waals surface area contributed by atoms with Crippen LogP contribution in [0.4, 0.5) is 4.79 Å². The number of carbonyl (C=O) groups is 1. The lowest BCUT2D eigenvalue weighted by Crippen LogP contribution is -2.48. The Morgan fingerprint density at radius 3 is 2.47 bits per heavy atom. The molecule has 3 N–H and O–H groups in total. The Balaban J connectivity index is 2.50. The summed E-state index contributed by atoms with van der Waals surface area (Å²) in [6, 6.07) is 0. The fraction of sp³-hybridized carbons (Fsp3) is 0.905. The zero-order valence-corrected chi connectivity index (χ0v) is 20.0. The van der Waals surface area contributed by atoms with E-state index in [1.807, 2.05) is 34.6 Å². The highest BCUT2D eigenvalue weighted by Gasteiger charge is 2.25. The summed E-state index contributed by atoms with van der Waals surface area (Å²) in [6.45, 7) is 17.3. The van der Waals surface area contributed by atoms with Gasteiger partial charge >= 0.3 is 6.09 Å². The fourth-order valence-electron chi connectivity index (χ4n) is 3.10. The van der Waals surface area contributed by atoms with Crippen LogP contribution in [-0.4, -0.2) is 104 Å². The van der Waals surface area contributed by atoms with Gasteiger partial charge in [-0.25, -0.2) is 4.79 Å². The molecular weight excluding hydrogens is 386 g/mol. The van der Waals surface area contributed by atoms with Crippen molar-refractivity contribution in [1.82, 2.24) is 20.4 Å². The summed E-state index contributed by atoms with van der Waals surface area (Å²) in [5, 5.41) is 17.2. The number of amides is 1. The molecule has 1 fully saturated rings. The quantitative estimate of drug-likeness (QED) is 0.373. The molecule has 176 valence electrons. The van der Waals surface area contributed by atoms with Crippen LogP contribution in [0.15, 0.2) is 4.99 Å². The molecule has 0 saturated carbocycles. The number of ether oxygens (including phenoxy) is 2. The number of morpholine rings is 1. The monoisotopic (exact) mass is 429 g/mol. The summed E-state index contributed by atoms with van der Waals surface area (Å²) in [5.74, 6) is 0.853. The van der Waals surface area contributed by atoms with Crippen molar-refractivity contribution in [3.63, 3.8) is 0 Å². The van der Waals surface area contributed by atoms with Gasteiger partial charge in [0.25, 0.3) is 0 Å². The molecule has 0 aliphatic carbocycles. The van der Waals surface area contributed by atoms with Crippen LogP contribution in [0.5, 0.6) is 0 Å². The molecule has 1 rings (SSSR count). The molecule has 0 aromatic carbocycles. The zero-order chi connectivity index (χ0) is 22.8. The van der Waals surface area contributed by atoms with E-state index in [1.165, 1.54) is 0 Å². The average Bonchev–Trinajstić information content (AvgIpc) is 2.63. The molecule has 9 heteroatoms. The number of nitrogens with one attached hydrogen (secondary N) is 2. The molecule has 2 unspecified atom stereocenters. The molecule has 0 bridgehead atoms. The Bertz CT molecular complexity index is 542. The van der Waals surface area contributed by atoms with Gasteiger partial charge in [-0.15, -0.1) is 0 Å². The first kappa shape index (κ1) is 26.5. The minimum Gasteiger partial charge on any atom is -0.444 e. The summed E-state index contributed by atoms with van der Waals surface area (Å²) in [5.41, 5.74) is -1.42. The SMILES string of the molecule is CCNC(=NCC(C)(O)CN1CCOCC1)NCC(C)CN(C)C(=O)OC(C)(C)C. The van der Waals surface area contributed by atoms with E-state index < -0.39 is 11.2 Å². The van der Waals surface area contributed by atoms with Gasteiger partial charge in [0.15, 0.2) is 5.96 Å². The highest BCUT2D eigenvalue weighted by atomic mass is 16.6. The lowest BCUT2D eigenvalue weighted by atomic mass is 10.1. The second-order valence-corrected chi connectivity index (χ2v) is 9.43. The Morgan fingerprint density at radius 1 is 1.27 bits per heavy atom. The van der Waals surface area contributed by atoms with E-state index in [1.54, 1.807) is 11.9 Å². The van der Waals surface area contributed by atoms with Crippen LogP contribution in [0, 0.1) is 5.92 Å². The summed E-state index contributed by atoms with van der Waals surface area (Å²) < 4.78 is 10.8. The van der Waals surface area contributed by atoms with E-state index in [2.05, 4.69) is 27.4 Å². The van der Waals surface area contributed by atoms with Crippen molar-refractivity contribution in [3.8, 4) is 0 Å². The van der Waals surface area contributed by atoms with Crippen LogP contribution in [0.3, 0.4) is 0 Å². The van der Waals surface area contributed by atoms with Crippen LogP contribution in [0.25, 0.3) is 0 Å². The first-order valence-electron chi connectivity index (χ1n) is 10.9. The van der Waals surface area contributed by atoms with Gasteiger partial charge in [0, 0.05) is 46.3 Å². The van der Waals surface area contributed by atoms with Gasteiger partial charge in [0.1, 0.15) is 5.60 Å². The Labute approximate surface area is 182 Å². The predicted octanol–water partition coefficient (Wildman–Crippen LogP) is 1.13. The normalized spacial score (nSPS) is 19.0. The van der Waals surface area contributed by atoms with E-state index in [-0.39, 0.29) is 12.0 Å². The van der Waals surface area contributed by atoms with Crippen LogP contribution in [0.1, 0.15) is 41.5 Å². The lowest BCUT2D eigenvalue weighted by molar-refractivity contribution is -0.0180. The topological polar surface area (TPSA) is 98.7 Å². The number of carbonyl (C=O) groups excluding carboxylic acids is 1. The lowest BCUT2D eigenvalue weighted by Gasteiger charge is -2.33. The van der Waals surface area contributed by atoms with Gasteiger partial charge in [-0.3, -0.25) is 9.89 Å². The van der Waals surface area contributed by atoms with E-state index >= 15 is 0 Å². The summed E-state index contributed by atoms with van der Waals surface area (Å²) in [7, 11) is 1.74. The van der Waals surface area contributed by atoms with Crippen molar-refractivity contribution in [3.05, 3.63) is 0 Å². The molecular formula is C21H43N5O4. The van der Waals surface area contributed by atoms with Crippen LogP contribution in [-0.2, 0) is 9.47 Å². The molecule has 2 atom stereocenters. The van der Waals surface area contributed by atoms with Gasteiger partial charge in [-0.1, -0.05) is 6.92 Å². The molecule has 0 spiro atoms. The van der Waals surface area contributed by atoms with Crippen molar-refractivity contribution in [1.29, 1.82) is 0 Å². The molecule has 1 heterocycles. The first-order valence-corrected chi connectivity index (χ1v) is 10.9. The Morgan fingerprint density at radius 2 is 1.90 bits per heavy atom. The first-order chi connectivity index (χ1) is 13.9. The standard InChI is InChI=1S/C21H43N5O4/c1-8-22-18(24-15-21(6,28)16-26-9-11-29-12-10-26)23-13-17(2)14-25(7)19(27)30-20(3,4)5/h17,28H,8-16H2,1-7H3,(H2,22,23,24). The van der Waals surface area contributed by atoms with E-state index in [0.29, 0.717) is 45.4 Å². The number of rotatable bonds is 9. The van der Waals surface area contributed by atoms with Gasteiger partial charge < -0.3 is 30.1 Å². The highest BCUT2D eigenvalue weighted by Crippen LogP contribution is 2.11. The molecule has 1 aliphatic rings. The highest BCUT2D eigenvalue weighted by molar-refractivity contribution is 5.79. The number of hydrogen-bond acceptors (Lipinski definition) is 6. The maximum atomic E-state index is 12.1. The number of β-amino-alcohol motifs (C(OH)–C–C–N with tert-alkyl or cyclic N) is 1. The number of aliphatic hydroxyl groups is 1. The number of hydrogen-bond donors (Lipinski definition) is 3. The Hall–Kier alpha value is -1.58. The average molecular weight is 430 g/mol. The maximum Gasteiger partial charge on any atom is 0.410 e. The molecule has 0 aromatic heterocycles. The third-order valence-corrected chi connectivity index (χ3v) is 4.50. The summed E-state index contributed by atoms with van der Waals surface area (Å²) in [6.07, 6.45) is -0.325. The van der Waals surface area contributed by atoms with Crippen molar-refractivity contribution in [2.75, 3.05) is 66.1 Å². The molecule has 1 amide bonds. The van der Waals surface area contributed by atoms with E-state index in [9.17, 15) is 9.90 Å². The Kier molecular flexibility index (Phi) is 10.9. The molecule has 1 saturated heterocycles. The van der Waals surface area contributed by atoms with E-state index in [0.717, 1.165) is 19.6 Å². The van der Waals surface area contributed by atoms with Crippen molar-refractivity contribution < 1.29 is 19.4 Å². The van der Waals surface area contributed by atoms with Gasteiger partial charge in [-0.05, 0) is 40.5 Å². The predicted molar refractivity (Wildman–Crippen MR) is 120 cm³/mol. The van der Waals surface area contributed by atoms with Gasteiger partial charge in [-0.2, -0.15) is 0 Å². The largest absolute Gasteiger partial charge is 0.444 e. The number of guanidine groups is 1. The molecule has 9 nitrogen and oxygen atoms in total. The summed E-state index contributed by atoms with van der Waals surface area (Å²) >= 11 is 0. The number of nitrogens with zero attached hydrogens (tertiary/aromatic N) is 3. The van der Waals surface area contributed by atoms with Crippen LogP contribution < -0.4 is 10.6 Å². The van der Waals surface area contributed by atoms with Crippen LogP contribution in [0.2, 0.25) is 0 Å². The summed E-state index contributed by atoms with van der Waals surface area (Å²) in [4.78, 5) is 20.5. The second kappa shape index (κ2) is 12.3. The number of aliphatic imine (C=N–C) groups is 1. The van der Waals surface area contributed by atoms with Gasteiger partial charge in [0.05, 0.1) is 25.4 Å². The third kappa shape index (κ3) is 11.6. The second-order valence-electron chi connectivity index (χ2n) is 9.43.